The van der Waals surface area contributed by atoms with Gasteiger partial charge in [0.25, 0.3) is 0 Å². The van der Waals surface area contributed by atoms with Crippen LogP contribution in [0, 0.1) is 0 Å². The molecule has 0 saturated carbocycles. The fourth-order valence-electron chi connectivity index (χ4n) is 1.56. The quantitative estimate of drug-likeness (QED) is 0.694. The van der Waals surface area contributed by atoms with Gasteiger partial charge in [-0.2, -0.15) is 13.2 Å². The lowest BCUT2D eigenvalue weighted by Crippen LogP contribution is -2.59. The SMILES string of the molecule is CCCNC(C)(CN(C)CCC(F)(F)F)C(N)=O. The maximum Gasteiger partial charge on any atom is 0.390 e. The highest BCUT2D eigenvalue weighted by Crippen LogP contribution is 2.19. The van der Waals surface area contributed by atoms with Gasteiger partial charge in [-0.1, -0.05) is 6.92 Å². The van der Waals surface area contributed by atoms with Gasteiger partial charge in [-0.25, -0.2) is 0 Å². The number of carbonyl (C=O) groups excluding carboxylic acids is 1. The molecule has 1 unspecified atom stereocenters. The molecule has 1 amide bonds. The molecule has 108 valence electrons. The Morgan fingerprint density at radius 3 is 2.33 bits per heavy atom. The van der Waals surface area contributed by atoms with Crippen LogP contribution in [0.1, 0.15) is 26.7 Å². The number of alkyl halides is 3. The average Bonchev–Trinajstić information content (AvgIpc) is 2.22. The van der Waals surface area contributed by atoms with Crippen molar-refractivity contribution < 1.29 is 18.0 Å². The van der Waals surface area contributed by atoms with Gasteiger partial charge in [-0.3, -0.25) is 4.79 Å². The van der Waals surface area contributed by atoms with Crippen LogP contribution in [0.25, 0.3) is 0 Å². The summed E-state index contributed by atoms with van der Waals surface area (Å²) in [6.45, 7) is 4.13. The van der Waals surface area contributed by atoms with E-state index >= 15 is 0 Å². The number of primary amides is 1. The smallest absolute Gasteiger partial charge is 0.368 e. The Morgan fingerprint density at radius 2 is 1.94 bits per heavy atom. The highest BCUT2D eigenvalue weighted by Gasteiger charge is 2.33. The predicted molar refractivity (Wildman–Crippen MR) is 64.1 cm³/mol. The van der Waals surface area contributed by atoms with E-state index in [1.807, 2.05) is 6.92 Å². The van der Waals surface area contributed by atoms with E-state index in [2.05, 4.69) is 5.32 Å². The van der Waals surface area contributed by atoms with Gasteiger partial charge in [0.2, 0.25) is 5.91 Å². The van der Waals surface area contributed by atoms with Gasteiger partial charge >= 0.3 is 6.18 Å². The Labute approximate surface area is 106 Å². The fraction of sp³-hybridized carbons (Fsp3) is 0.909. The van der Waals surface area contributed by atoms with Crippen LogP contribution in [-0.4, -0.2) is 49.2 Å². The third kappa shape index (κ3) is 6.80. The summed E-state index contributed by atoms with van der Waals surface area (Å²) in [5.74, 6) is -0.560. The van der Waals surface area contributed by atoms with Crippen molar-refractivity contribution in [1.29, 1.82) is 0 Å². The van der Waals surface area contributed by atoms with Gasteiger partial charge < -0.3 is 16.0 Å². The summed E-state index contributed by atoms with van der Waals surface area (Å²) < 4.78 is 36.2. The number of carbonyl (C=O) groups is 1. The van der Waals surface area contributed by atoms with Crippen LogP contribution < -0.4 is 11.1 Å². The zero-order chi connectivity index (χ0) is 14.4. The van der Waals surface area contributed by atoms with Crippen molar-refractivity contribution >= 4 is 5.91 Å². The molecule has 0 heterocycles. The molecule has 0 radical (unpaired) electrons. The normalized spacial score (nSPS) is 15.7. The molecule has 0 saturated heterocycles. The molecule has 0 aliphatic carbocycles. The number of hydrogen-bond acceptors (Lipinski definition) is 3. The number of nitrogens with one attached hydrogen (secondary N) is 1. The minimum atomic E-state index is -4.19. The van der Waals surface area contributed by atoms with Crippen molar-refractivity contribution in [2.45, 2.75) is 38.4 Å². The largest absolute Gasteiger partial charge is 0.390 e. The predicted octanol–water partition coefficient (Wildman–Crippen LogP) is 1.11. The van der Waals surface area contributed by atoms with Gasteiger partial charge in [0.05, 0.1) is 6.42 Å². The van der Waals surface area contributed by atoms with Crippen molar-refractivity contribution in [3.8, 4) is 0 Å². The summed E-state index contributed by atoms with van der Waals surface area (Å²) in [6.07, 6.45) is -4.27. The van der Waals surface area contributed by atoms with Crippen LogP contribution in [0.2, 0.25) is 0 Å². The standard InChI is InChI=1S/C11H22F3N3O/c1-4-6-16-10(2,9(15)18)8-17(3)7-5-11(12,13)14/h16H,4-8H2,1-3H3,(H2,15,18). The molecule has 1 atom stereocenters. The lowest BCUT2D eigenvalue weighted by atomic mass is 10.0. The maximum absolute atomic E-state index is 12.1. The van der Waals surface area contributed by atoms with Crippen molar-refractivity contribution in [2.75, 3.05) is 26.7 Å². The number of rotatable bonds is 8. The molecular formula is C11H22F3N3O. The van der Waals surface area contributed by atoms with Crippen molar-refractivity contribution in [3.05, 3.63) is 0 Å². The Kier molecular flexibility index (Phi) is 6.62. The molecule has 0 aromatic rings. The summed E-state index contributed by atoms with van der Waals surface area (Å²) in [5.41, 5.74) is 4.29. The first-order valence-electron chi connectivity index (χ1n) is 5.91. The minimum absolute atomic E-state index is 0.151. The molecular weight excluding hydrogens is 247 g/mol. The first kappa shape index (κ1) is 17.2. The van der Waals surface area contributed by atoms with Crippen molar-refractivity contribution in [3.63, 3.8) is 0 Å². The van der Waals surface area contributed by atoms with Gasteiger partial charge in [0.15, 0.2) is 0 Å². The van der Waals surface area contributed by atoms with E-state index in [1.165, 1.54) is 4.90 Å². The molecule has 4 nitrogen and oxygen atoms in total. The lowest BCUT2D eigenvalue weighted by Gasteiger charge is -2.32. The molecule has 3 N–H and O–H groups in total. The van der Waals surface area contributed by atoms with Crippen LogP contribution in [0.3, 0.4) is 0 Å². The molecule has 0 fully saturated rings. The van der Waals surface area contributed by atoms with Gasteiger partial charge in [0.1, 0.15) is 5.54 Å². The summed E-state index contributed by atoms with van der Waals surface area (Å²) in [5, 5.41) is 2.98. The number of amides is 1. The monoisotopic (exact) mass is 269 g/mol. The minimum Gasteiger partial charge on any atom is -0.368 e. The van der Waals surface area contributed by atoms with Crippen molar-refractivity contribution in [1.82, 2.24) is 10.2 Å². The number of likely N-dealkylation sites (N-methyl/N-ethyl adjacent to an activating group) is 1. The van der Waals surface area contributed by atoms with Crippen LogP contribution in [0.4, 0.5) is 13.2 Å². The van der Waals surface area contributed by atoms with E-state index < -0.39 is 24.0 Å². The third-order valence-corrected chi connectivity index (χ3v) is 2.67. The topological polar surface area (TPSA) is 58.4 Å². The first-order chi connectivity index (χ1) is 8.10. The molecule has 0 aliphatic heterocycles. The highest BCUT2D eigenvalue weighted by molar-refractivity contribution is 5.84. The van der Waals surface area contributed by atoms with E-state index in [0.29, 0.717) is 6.54 Å². The third-order valence-electron chi connectivity index (χ3n) is 2.67. The molecule has 0 aromatic heterocycles. The van der Waals surface area contributed by atoms with Gasteiger partial charge in [-0.15, -0.1) is 0 Å². The Hall–Kier alpha value is -0.820. The van der Waals surface area contributed by atoms with Crippen LogP contribution in [0.5, 0.6) is 0 Å². The van der Waals surface area contributed by atoms with E-state index in [0.717, 1.165) is 6.42 Å². The second-order valence-corrected chi connectivity index (χ2v) is 4.73. The second-order valence-electron chi connectivity index (χ2n) is 4.73. The number of halogens is 3. The van der Waals surface area contributed by atoms with E-state index in [1.54, 1.807) is 14.0 Å². The fourth-order valence-corrected chi connectivity index (χ4v) is 1.56. The maximum atomic E-state index is 12.1. The van der Waals surface area contributed by atoms with Crippen molar-refractivity contribution in [2.24, 2.45) is 5.73 Å². The molecule has 18 heavy (non-hydrogen) atoms. The molecule has 0 rings (SSSR count). The molecule has 7 heteroatoms. The molecule has 0 bridgehead atoms. The molecule has 0 aromatic carbocycles. The van der Waals surface area contributed by atoms with E-state index in [-0.39, 0.29) is 13.1 Å². The zero-order valence-corrected chi connectivity index (χ0v) is 11.1. The molecule has 0 spiro atoms. The Bertz CT molecular complexity index is 271. The number of nitrogens with two attached hydrogens (primary N) is 1. The Balaban J connectivity index is 4.36. The molecule has 0 aliphatic rings. The van der Waals surface area contributed by atoms with Crippen LogP contribution in [-0.2, 0) is 4.79 Å². The number of nitrogens with zero attached hydrogens (tertiary/aromatic N) is 1. The average molecular weight is 269 g/mol. The van der Waals surface area contributed by atoms with E-state index in [4.69, 9.17) is 5.73 Å². The highest BCUT2D eigenvalue weighted by atomic mass is 19.4. The lowest BCUT2D eigenvalue weighted by molar-refractivity contribution is -0.138. The summed E-state index contributed by atoms with van der Waals surface area (Å²) in [6, 6.07) is 0. The van der Waals surface area contributed by atoms with Crippen LogP contribution >= 0.6 is 0 Å². The zero-order valence-electron chi connectivity index (χ0n) is 11.1. The Morgan fingerprint density at radius 1 is 1.39 bits per heavy atom. The van der Waals surface area contributed by atoms with E-state index in [9.17, 15) is 18.0 Å². The first-order valence-corrected chi connectivity index (χ1v) is 5.91. The van der Waals surface area contributed by atoms with Gasteiger partial charge in [0, 0.05) is 13.1 Å². The van der Waals surface area contributed by atoms with Gasteiger partial charge in [-0.05, 0) is 26.9 Å². The summed E-state index contributed by atoms with van der Waals surface area (Å²) >= 11 is 0. The summed E-state index contributed by atoms with van der Waals surface area (Å²) in [4.78, 5) is 12.8. The summed E-state index contributed by atoms with van der Waals surface area (Å²) in [7, 11) is 1.54. The number of hydrogen-bond donors (Lipinski definition) is 2. The second kappa shape index (κ2) is 6.94. The van der Waals surface area contributed by atoms with Crippen LogP contribution in [0.15, 0.2) is 0 Å².